The van der Waals surface area contributed by atoms with E-state index in [-0.39, 0.29) is 5.04 Å². The van der Waals surface area contributed by atoms with Crippen LogP contribution in [0.1, 0.15) is 20.8 Å². The van der Waals surface area contributed by atoms with Crippen LogP contribution in [0.4, 0.5) is 0 Å². The van der Waals surface area contributed by atoms with Crippen LogP contribution >= 0.6 is 21.6 Å². The summed E-state index contributed by atoms with van der Waals surface area (Å²) in [7, 11) is 1.58. The molecule has 0 aromatic carbocycles. The van der Waals surface area contributed by atoms with Crippen molar-refractivity contribution in [1.29, 1.82) is 0 Å². The first kappa shape index (κ1) is 15.9. The van der Waals surface area contributed by atoms with Crippen molar-refractivity contribution in [2.75, 3.05) is 6.61 Å². The van der Waals surface area contributed by atoms with Crippen molar-refractivity contribution < 1.29 is 9.63 Å². The molecule has 0 atom stereocenters. The Bertz CT molecular complexity index is 384. The van der Waals surface area contributed by atoms with Crippen molar-refractivity contribution >= 4 is 36.1 Å². The summed E-state index contributed by atoms with van der Waals surface area (Å²) in [6.07, 6.45) is 5.43. The third kappa shape index (κ3) is 4.49. The zero-order valence-electron chi connectivity index (χ0n) is 11.6. The van der Waals surface area contributed by atoms with Crippen molar-refractivity contribution in [2.24, 2.45) is 5.16 Å². The van der Waals surface area contributed by atoms with Gasteiger partial charge >= 0.3 is 0 Å². The predicted molar refractivity (Wildman–Crippen MR) is 84.8 cm³/mol. The van der Waals surface area contributed by atoms with E-state index in [0.29, 0.717) is 6.61 Å². The van der Waals surface area contributed by atoms with Gasteiger partial charge in [0.1, 0.15) is 0 Å². The average Bonchev–Trinajstić information content (AvgIpc) is 2.27. The first-order valence-electron chi connectivity index (χ1n) is 5.83. The second kappa shape index (κ2) is 6.32. The van der Waals surface area contributed by atoms with Crippen LogP contribution in [-0.2, 0) is 4.43 Å². The average molecular weight is 304 g/mol. The summed E-state index contributed by atoms with van der Waals surface area (Å²) in [5, 5.41) is 11.7. The minimum absolute atomic E-state index is 0.241. The molecular weight excluding hydrogens is 282 g/mol. The first-order valence-corrected chi connectivity index (χ1v) is 10.9. The van der Waals surface area contributed by atoms with E-state index >= 15 is 0 Å². The summed E-state index contributed by atoms with van der Waals surface area (Å²) < 4.78 is 6.15. The molecule has 0 spiro atoms. The molecule has 18 heavy (non-hydrogen) atoms. The van der Waals surface area contributed by atoms with E-state index in [1.54, 1.807) is 21.6 Å². The monoisotopic (exact) mass is 303 g/mol. The molecule has 1 aliphatic heterocycles. The molecule has 0 aromatic heterocycles. The molecule has 0 aliphatic carbocycles. The topological polar surface area (TPSA) is 41.8 Å². The molecule has 3 nitrogen and oxygen atoms in total. The van der Waals surface area contributed by atoms with Gasteiger partial charge < -0.3 is 9.63 Å². The Labute approximate surface area is 118 Å². The van der Waals surface area contributed by atoms with Gasteiger partial charge in [0.05, 0.1) is 12.8 Å². The Hall–Kier alpha value is -0.173. The van der Waals surface area contributed by atoms with Crippen LogP contribution in [-0.4, -0.2) is 26.3 Å². The van der Waals surface area contributed by atoms with E-state index in [4.69, 9.17) is 9.63 Å². The maximum absolute atomic E-state index is 8.45. The number of oxime groups is 1. The number of hydrogen-bond acceptors (Lipinski definition) is 5. The van der Waals surface area contributed by atoms with Gasteiger partial charge in [-0.1, -0.05) is 47.5 Å². The lowest BCUT2D eigenvalue weighted by atomic mass is 10.2. The Morgan fingerprint density at radius 1 is 1.33 bits per heavy atom. The highest BCUT2D eigenvalue weighted by molar-refractivity contribution is 8.79. The lowest BCUT2D eigenvalue weighted by molar-refractivity contribution is 0.322. The van der Waals surface area contributed by atoms with E-state index in [9.17, 15) is 0 Å². The summed E-state index contributed by atoms with van der Waals surface area (Å²) in [5.74, 6) is 0. The minimum Gasteiger partial charge on any atom is -0.412 e. The smallest absolute Gasteiger partial charge is 0.192 e. The Kier molecular flexibility index (Phi) is 5.58. The molecule has 1 N–H and O–H groups in total. The molecule has 0 saturated heterocycles. The molecule has 6 heteroatoms. The summed E-state index contributed by atoms with van der Waals surface area (Å²) in [6, 6.07) is 0. The van der Waals surface area contributed by atoms with E-state index in [1.807, 2.05) is 12.2 Å². The molecule has 102 valence electrons. The lowest BCUT2D eigenvalue weighted by Gasteiger charge is -2.36. The highest BCUT2D eigenvalue weighted by Gasteiger charge is 2.37. The van der Waals surface area contributed by atoms with Crippen LogP contribution in [0, 0.1) is 0 Å². The van der Waals surface area contributed by atoms with Crippen LogP contribution in [0.25, 0.3) is 0 Å². The van der Waals surface area contributed by atoms with Gasteiger partial charge in [0, 0.05) is 9.81 Å². The van der Waals surface area contributed by atoms with Gasteiger partial charge in [-0.3, -0.25) is 0 Å². The van der Waals surface area contributed by atoms with Crippen molar-refractivity contribution in [2.45, 2.75) is 38.9 Å². The number of nitrogens with zero attached hydrogens (tertiary/aromatic N) is 1. The molecule has 0 saturated carbocycles. The van der Waals surface area contributed by atoms with Gasteiger partial charge in [0.2, 0.25) is 0 Å². The summed E-state index contributed by atoms with van der Waals surface area (Å²) in [5.41, 5.74) is 0. The summed E-state index contributed by atoms with van der Waals surface area (Å²) in [4.78, 5) is 2.15. The van der Waals surface area contributed by atoms with E-state index in [1.165, 1.54) is 11.1 Å². The van der Waals surface area contributed by atoms with Crippen LogP contribution in [0.5, 0.6) is 0 Å². The van der Waals surface area contributed by atoms with Crippen LogP contribution < -0.4 is 0 Å². The van der Waals surface area contributed by atoms with Crippen LogP contribution in [0.3, 0.4) is 0 Å². The summed E-state index contributed by atoms with van der Waals surface area (Å²) in [6.45, 7) is 11.9. The standard InChI is InChI=1S/C12H21NO2S2Si/c1-12(2,3)18(4,5)15-9-11-7-6-10(8-13-14)16-17-11/h6-8,14H,9H2,1-5H3/b13-8+. The number of allylic oxidation sites excluding steroid dienone is 3. The fourth-order valence-corrected chi connectivity index (χ4v) is 3.91. The molecule has 0 unspecified atom stereocenters. The fraction of sp³-hybridized carbons (Fsp3) is 0.583. The SMILES string of the molecule is CC(C)(C)[Si](C)(C)OCC1=CC=C(/C=N/O)SS1. The third-order valence-corrected chi connectivity index (χ3v) is 10.2. The second-order valence-corrected chi connectivity index (χ2v) is 12.8. The molecule has 0 fully saturated rings. The fourth-order valence-electron chi connectivity index (χ4n) is 0.994. The maximum atomic E-state index is 8.45. The van der Waals surface area contributed by atoms with Gasteiger partial charge in [-0.15, -0.1) is 0 Å². The van der Waals surface area contributed by atoms with Crippen molar-refractivity contribution in [1.82, 2.24) is 0 Å². The number of hydrogen-bond donors (Lipinski definition) is 1. The minimum atomic E-state index is -1.67. The molecular formula is C12H21NO2S2Si. The van der Waals surface area contributed by atoms with E-state index in [0.717, 1.165) is 4.91 Å². The zero-order valence-corrected chi connectivity index (χ0v) is 14.2. The third-order valence-electron chi connectivity index (χ3n) is 3.24. The molecule has 0 radical (unpaired) electrons. The largest absolute Gasteiger partial charge is 0.412 e. The highest BCUT2D eigenvalue weighted by Crippen LogP contribution is 2.41. The van der Waals surface area contributed by atoms with E-state index < -0.39 is 8.32 Å². The van der Waals surface area contributed by atoms with Crippen molar-refractivity contribution in [3.8, 4) is 0 Å². The molecule has 1 aliphatic rings. The molecule has 1 heterocycles. The Morgan fingerprint density at radius 2 is 2.00 bits per heavy atom. The van der Waals surface area contributed by atoms with Crippen molar-refractivity contribution in [3.05, 3.63) is 22.0 Å². The normalized spacial score (nSPS) is 17.8. The Morgan fingerprint density at radius 3 is 2.44 bits per heavy atom. The molecule has 0 aromatic rings. The Balaban J connectivity index is 2.56. The first-order chi connectivity index (χ1) is 8.26. The van der Waals surface area contributed by atoms with Gasteiger partial charge in [0.25, 0.3) is 0 Å². The summed E-state index contributed by atoms with van der Waals surface area (Å²) >= 11 is 0. The molecule has 0 amide bonds. The van der Waals surface area contributed by atoms with Crippen LogP contribution in [0.15, 0.2) is 27.1 Å². The number of rotatable bonds is 4. The van der Waals surface area contributed by atoms with Gasteiger partial charge in [-0.25, -0.2) is 0 Å². The van der Waals surface area contributed by atoms with Gasteiger partial charge in [-0.2, -0.15) is 0 Å². The van der Waals surface area contributed by atoms with Crippen LogP contribution in [0.2, 0.25) is 18.1 Å². The van der Waals surface area contributed by atoms with E-state index in [2.05, 4.69) is 39.0 Å². The maximum Gasteiger partial charge on any atom is 0.192 e. The second-order valence-electron chi connectivity index (χ2n) is 5.66. The quantitative estimate of drug-likeness (QED) is 0.270. The zero-order chi connectivity index (χ0) is 13.8. The van der Waals surface area contributed by atoms with Gasteiger partial charge in [-0.05, 0) is 30.3 Å². The lowest BCUT2D eigenvalue weighted by Crippen LogP contribution is -2.41. The molecule has 1 rings (SSSR count). The van der Waals surface area contributed by atoms with Gasteiger partial charge in [0.15, 0.2) is 8.32 Å². The van der Waals surface area contributed by atoms with Crippen molar-refractivity contribution in [3.63, 3.8) is 0 Å². The molecule has 0 bridgehead atoms. The highest BCUT2D eigenvalue weighted by atomic mass is 33.1. The predicted octanol–water partition coefficient (Wildman–Crippen LogP) is 4.63.